The van der Waals surface area contributed by atoms with Crippen molar-refractivity contribution in [3.8, 4) is 11.3 Å². The lowest BCUT2D eigenvalue weighted by atomic mass is 10.2. The molecule has 3 aromatic rings. The largest absolute Gasteiger partial charge is 0.338 e. The van der Waals surface area contributed by atoms with Crippen LogP contribution in [0.2, 0.25) is 0 Å². The monoisotopic (exact) mass is 327 g/mol. The van der Waals surface area contributed by atoms with Gasteiger partial charge in [-0.15, -0.1) is 11.3 Å². The average molecular weight is 327 g/mol. The Labute approximate surface area is 140 Å². The summed E-state index contributed by atoms with van der Waals surface area (Å²) in [7, 11) is 0. The zero-order valence-corrected chi connectivity index (χ0v) is 14.3. The molecule has 2 heterocycles. The molecule has 0 N–H and O–H groups in total. The first-order chi connectivity index (χ1) is 11.2. The van der Waals surface area contributed by atoms with E-state index in [0.29, 0.717) is 5.69 Å². The summed E-state index contributed by atoms with van der Waals surface area (Å²) < 4.78 is 1.92. The van der Waals surface area contributed by atoms with Crippen LogP contribution in [0.25, 0.3) is 16.2 Å². The molecule has 0 radical (unpaired) electrons. The molecule has 3 rings (SSSR count). The number of aromatic nitrogens is 2. The van der Waals surface area contributed by atoms with Crippen LogP contribution in [0.3, 0.4) is 0 Å². The first kappa shape index (κ1) is 15.7. The number of imidazole rings is 1. The summed E-state index contributed by atoms with van der Waals surface area (Å²) in [5.41, 5.74) is 2.68. The van der Waals surface area contributed by atoms with Crippen molar-refractivity contribution in [2.45, 2.75) is 26.7 Å². The van der Waals surface area contributed by atoms with E-state index < -0.39 is 0 Å². The lowest BCUT2D eigenvalue weighted by molar-refractivity contribution is 0.0755. The van der Waals surface area contributed by atoms with Gasteiger partial charge in [0.1, 0.15) is 5.69 Å². The second-order valence-electron chi connectivity index (χ2n) is 5.50. The number of benzene rings is 1. The fourth-order valence-corrected chi connectivity index (χ4v) is 3.45. The standard InChI is InChI=1S/C18H21N3OS/c1-3-5-11-20(4-2)17(22)16-13-23-18-19-15(12-21(16)18)14-9-7-6-8-10-14/h6-10,12-13H,3-5,11H2,1-2H3. The number of hydrogen-bond donors (Lipinski definition) is 0. The Balaban J connectivity index is 1.92. The highest BCUT2D eigenvalue weighted by Gasteiger charge is 2.19. The van der Waals surface area contributed by atoms with Gasteiger partial charge in [0.05, 0.1) is 5.69 Å². The van der Waals surface area contributed by atoms with Crippen molar-refractivity contribution >= 4 is 22.2 Å². The van der Waals surface area contributed by atoms with Crippen molar-refractivity contribution < 1.29 is 4.79 Å². The Morgan fingerprint density at radius 2 is 2.04 bits per heavy atom. The van der Waals surface area contributed by atoms with Gasteiger partial charge in [-0.05, 0) is 13.3 Å². The molecule has 0 spiro atoms. The quantitative estimate of drug-likeness (QED) is 0.676. The highest BCUT2D eigenvalue weighted by molar-refractivity contribution is 7.15. The summed E-state index contributed by atoms with van der Waals surface area (Å²) >= 11 is 1.51. The molecule has 0 aliphatic heterocycles. The van der Waals surface area contributed by atoms with E-state index in [1.54, 1.807) is 0 Å². The predicted octanol–water partition coefficient (Wildman–Crippen LogP) is 4.33. The third-order valence-corrected chi connectivity index (χ3v) is 4.79. The van der Waals surface area contributed by atoms with E-state index in [4.69, 9.17) is 0 Å². The van der Waals surface area contributed by atoms with Crippen LogP contribution in [0.4, 0.5) is 0 Å². The van der Waals surface area contributed by atoms with Crippen LogP contribution in [0.15, 0.2) is 41.9 Å². The summed E-state index contributed by atoms with van der Waals surface area (Å²) in [6.45, 7) is 5.71. The Morgan fingerprint density at radius 3 is 2.74 bits per heavy atom. The minimum atomic E-state index is 0.0872. The molecule has 0 aliphatic rings. The summed E-state index contributed by atoms with van der Waals surface area (Å²) in [6.07, 6.45) is 4.08. The molecule has 1 aromatic carbocycles. The predicted molar refractivity (Wildman–Crippen MR) is 95.0 cm³/mol. The van der Waals surface area contributed by atoms with E-state index in [1.807, 2.05) is 58.1 Å². The number of carbonyl (C=O) groups excluding carboxylic acids is 1. The Kier molecular flexibility index (Phi) is 4.76. The minimum Gasteiger partial charge on any atom is -0.338 e. The lowest BCUT2D eigenvalue weighted by Gasteiger charge is -2.19. The first-order valence-electron chi connectivity index (χ1n) is 8.05. The molecule has 1 amide bonds. The summed E-state index contributed by atoms with van der Waals surface area (Å²) in [5.74, 6) is 0.0872. The lowest BCUT2D eigenvalue weighted by Crippen LogP contribution is -2.32. The number of carbonyl (C=O) groups is 1. The van der Waals surface area contributed by atoms with Gasteiger partial charge >= 0.3 is 0 Å². The van der Waals surface area contributed by atoms with Gasteiger partial charge in [0.25, 0.3) is 5.91 Å². The van der Waals surface area contributed by atoms with Crippen LogP contribution in [-0.4, -0.2) is 33.3 Å². The number of thiazole rings is 1. The summed E-state index contributed by atoms with van der Waals surface area (Å²) in [4.78, 5) is 20.2. The normalized spacial score (nSPS) is 11.0. The maximum absolute atomic E-state index is 12.8. The topological polar surface area (TPSA) is 37.6 Å². The van der Waals surface area contributed by atoms with Crippen LogP contribution in [0, 0.1) is 0 Å². The van der Waals surface area contributed by atoms with Crippen LogP contribution >= 0.6 is 11.3 Å². The fraction of sp³-hybridized carbons (Fsp3) is 0.333. The van der Waals surface area contributed by atoms with E-state index in [-0.39, 0.29) is 5.91 Å². The molecule has 23 heavy (non-hydrogen) atoms. The zero-order valence-electron chi connectivity index (χ0n) is 13.5. The molecule has 0 atom stereocenters. The summed E-state index contributed by atoms with van der Waals surface area (Å²) in [5, 5.41) is 1.91. The van der Waals surface area contributed by atoms with Gasteiger partial charge in [-0.25, -0.2) is 4.98 Å². The summed E-state index contributed by atoms with van der Waals surface area (Å²) in [6, 6.07) is 10.1. The number of nitrogens with zero attached hydrogens (tertiary/aromatic N) is 3. The van der Waals surface area contributed by atoms with Gasteiger partial charge in [0.15, 0.2) is 4.96 Å². The van der Waals surface area contributed by atoms with Gasteiger partial charge in [-0.1, -0.05) is 43.7 Å². The van der Waals surface area contributed by atoms with Crippen LogP contribution in [-0.2, 0) is 0 Å². The van der Waals surface area contributed by atoms with Crippen LogP contribution < -0.4 is 0 Å². The van der Waals surface area contributed by atoms with E-state index >= 15 is 0 Å². The van der Waals surface area contributed by atoms with Gasteiger partial charge in [-0.3, -0.25) is 9.20 Å². The second kappa shape index (κ2) is 6.96. The number of unbranched alkanes of at least 4 members (excludes halogenated alkanes) is 1. The van der Waals surface area contributed by atoms with E-state index in [9.17, 15) is 4.79 Å². The van der Waals surface area contributed by atoms with Crippen LogP contribution in [0.5, 0.6) is 0 Å². The third-order valence-electron chi connectivity index (χ3n) is 3.95. The molecule has 5 heteroatoms. The molecule has 0 bridgehead atoms. The van der Waals surface area contributed by atoms with Crippen molar-refractivity contribution in [3.63, 3.8) is 0 Å². The highest BCUT2D eigenvalue weighted by atomic mass is 32.1. The van der Waals surface area contributed by atoms with Gasteiger partial charge in [-0.2, -0.15) is 0 Å². The maximum atomic E-state index is 12.8. The third kappa shape index (κ3) is 3.15. The maximum Gasteiger partial charge on any atom is 0.271 e. The molecule has 120 valence electrons. The van der Waals surface area contributed by atoms with Crippen molar-refractivity contribution in [3.05, 3.63) is 47.6 Å². The smallest absolute Gasteiger partial charge is 0.271 e. The number of rotatable bonds is 6. The Bertz CT molecular complexity index is 791. The number of fused-ring (bicyclic) bond motifs is 1. The highest BCUT2D eigenvalue weighted by Crippen LogP contribution is 2.24. The molecule has 0 saturated carbocycles. The van der Waals surface area contributed by atoms with Gasteiger partial charge < -0.3 is 4.90 Å². The molecular formula is C18H21N3OS. The molecule has 0 fully saturated rings. The van der Waals surface area contributed by atoms with E-state index in [2.05, 4.69) is 11.9 Å². The molecule has 4 nitrogen and oxygen atoms in total. The molecule has 2 aromatic heterocycles. The van der Waals surface area contributed by atoms with Crippen LogP contribution in [0.1, 0.15) is 37.2 Å². The molecular weight excluding hydrogens is 306 g/mol. The van der Waals surface area contributed by atoms with Gasteiger partial charge in [0.2, 0.25) is 0 Å². The Hall–Kier alpha value is -2.14. The minimum absolute atomic E-state index is 0.0872. The molecule has 0 aliphatic carbocycles. The van der Waals surface area contributed by atoms with Crippen molar-refractivity contribution in [2.75, 3.05) is 13.1 Å². The second-order valence-corrected chi connectivity index (χ2v) is 6.34. The first-order valence-corrected chi connectivity index (χ1v) is 8.93. The van der Waals surface area contributed by atoms with E-state index in [1.165, 1.54) is 11.3 Å². The SMILES string of the molecule is CCCCN(CC)C(=O)c1csc2nc(-c3ccccc3)cn12. The van der Waals surface area contributed by atoms with Crippen molar-refractivity contribution in [1.29, 1.82) is 0 Å². The van der Waals surface area contributed by atoms with Gasteiger partial charge in [0, 0.05) is 30.2 Å². The van der Waals surface area contributed by atoms with E-state index in [0.717, 1.165) is 42.1 Å². The molecule has 0 unspecified atom stereocenters. The number of amides is 1. The zero-order chi connectivity index (χ0) is 16.2. The Morgan fingerprint density at radius 1 is 1.26 bits per heavy atom. The number of hydrogen-bond acceptors (Lipinski definition) is 3. The molecule has 0 saturated heterocycles. The average Bonchev–Trinajstić information content (AvgIpc) is 3.16. The van der Waals surface area contributed by atoms with Crippen molar-refractivity contribution in [2.24, 2.45) is 0 Å². The fourth-order valence-electron chi connectivity index (χ4n) is 2.60. The van der Waals surface area contributed by atoms with Crippen molar-refractivity contribution in [1.82, 2.24) is 14.3 Å².